The molecule has 0 aliphatic carbocycles. The van der Waals surface area contributed by atoms with Gasteiger partial charge in [-0.1, -0.05) is 48.5 Å². The fourth-order valence-corrected chi connectivity index (χ4v) is 4.53. The van der Waals surface area contributed by atoms with E-state index in [4.69, 9.17) is 0 Å². The van der Waals surface area contributed by atoms with Crippen molar-refractivity contribution in [1.82, 2.24) is 9.80 Å². The van der Waals surface area contributed by atoms with Crippen LogP contribution in [-0.2, 0) is 6.42 Å². The molecule has 3 aromatic rings. The van der Waals surface area contributed by atoms with Gasteiger partial charge in [0, 0.05) is 36.9 Å². The number of para-hydroxylation sites is 1. The summed E-state index contributed by atoms with van der Waals surface area (Å²) in [5, 5.41) is 3.47. The van der Waals surface area contributed by atoms with E-state index in [9.17, 15) is 14.4 Å². The Balaban J connectivity index is 1.26. The lowest BCUT2D eigenvalue weighted by Gasteiger charge is -2.18. The van der Waals surface area contributed by atoms with Gasteiger partial charge in [0.15, 0.2) is 0 Å². The number of amides is 3. The number of fused-ring (bicyclic) bond motifs is 1. The van der Waals surface area contributed by atoms with E-state index in [1.54, 1.807) is 23.1 Å². The minimum Gasteiger partial charge on any atom is -0.380 e. The van der Waals surface area contributed by atoms with Crippen molar-refractivity contribution in [3.05, 3.63) is 101 Å². The van der Waals surface area contributed by atoms with Crippen LogP contribution in [0.15, 0.2) is 78.9 Å². The highest BCUT2D eigenvalue weighted by Crippen LogP contribution is 2.26. The minimum atomic E-state index is -0.328. The molecule has 0 aromatic heterocycles. The van der Waals surface area contributed by atoms with Crippen LogP contribution < -0.4 is 5.32 Å². The third-order valence-corrected chi connectivity index (χ3v) is 6.30. The largest absolute Gasteiger partial charge is 0.380 e. The smallest absolute Gasteiger partial charge is 0.261 e. The Labute approximate surface area is 192 Å². The number of anilines is 1. The Morgan fingerprint density at radius 1 is 0.879 bits per heavy atom. The van der Waals surface area contributed by atoms with Gasteiger partial charge in [-0.05, 0) is 48.7 Å². The van der Waals surface area contributed by atoms with Crippen LogP contribution in [0.3, 0.4) is 0 Å². The van der Waals surface area contributed by atoms with Gasteiger partial charge in [0.2, 0.25) is 0 Å². The molecule has 1 unspecified atom stereocenters. The van der Waals surface area contributed by atoms with Crippen LogP contribution in [0, 0.1) is 0 Å². The standard InChI is InChI=1S/C27H25N3O3/c31-25(29-15-14-22(18-29)28-21-9-5-2-6-10-21)20-11-12-23-24(17-20)27(33)30(26(23)32)16-13-19-7-3-1-4-8-19/h1-12,17,22,28H,13-16,18H2. The fraction of sp³-hybridized carbons (Fsp3) is 0.222. The number of carbonyl (C=O) groups is 3. The van der Waals surface area contributed by atoms with Crippen LogP contribution in [-0.4, -0.2) is 53.2 Å². The van der Waals surface area contributed by atoms with Gasteiger partial charge >= 0.3 is 0 Å². The minimum absolute atomic E-state index is 0.113. The first-order valence-electron chi connectivity index (χ1n) is 11.3. The number of benzene rings is 3. The van der Waals surface area contributed by atoms with Crippen molar-refractivity contribution in [2.24, 2.45) is 0 Å². The second kappa shape index (κ2) is 8.90. The number of carbonyl (C=O) groups excluding carboxylic acids is 3. The van der Waals surface area contributed by atoms with E-state index in [0.29, 0.717) is 42.7 Å². The summed E-state index contributed by atoms with van der Waals surface area (Å²) in [6, 6.07) is 24.7. The Morgan fingerprint density at radius 2 is 1.58 bits per heavy atom. The SMILES string of the molecule is O=C(c1ccc2c(c1)C(=O)N(CCc1ccccc1)C2=O)N1CCC(Nc2ccccc2)C1. The number of hydrogen-bond acceptors (Lipinski definition) is 4. The molecule has 0 radical (unpaired) electrons. The van der Waals surface area contributed by atoms with E-state index in [1.807, 2.05) is 60.7 Å². The first-order valence-corrected chi connectivity index (χ1v) is 11.3. The lowest BCUT2D eigenvalue weighted by Crippen LogP contribution is -2.32. The zero-order chi connectivity index (χ0) is 22.8. The quantitative estimate of drug-likeness (QED) is 0.593. The van der Waals surface area contributed by atoms with Gasteiger partial charge in [-0.2, -0.15) is 0 Å². The Morgan fingerprint density at radius 3 is 2.33 bits per heavy atom. The third kappa shape index (κ3) is 4.24. The van der Waals surface area contributed by atoms with Crippen LogP contribution in [0.4, 0.5) is 5.69 Å². The maximum absolute atomic E-state index is 13.1. The van der Waals surface area contributed by atoms with Crippen LogP contribution in [0.25, 0.3) is 0 Å². The van der Waals surface area contributed by atoms with E-state index in [2.05, 4.69) is 5.32 Å². The van der Waals surface area contributed by atoms with Gasteiger partial charge in [-0.15, -0.1) is 0 Å². The molecule has 2 aliphatic rings. The molecule has 1 saturated heterocycles. The Hall–Kier alpha value is -3.93. The molecule has 33 heavy (non-hydrogen) atoms. The molecular weight excluding hydrogens is 414 g/mol. The Kier molecular flexibility index (Phi) is 5.65. The summed E-state index contributed by atoms with van der Waals surface area (Å²) in [5.74, 6) is -0.734. The number of rotatable bonds is 6. The molecule has 3 amide bonds. The van der Waals surface area contributed by atoms with Gasteiger partial charge in [0.1, 0.15) is 0 Å². The first kappa shape index (κ1) is 20.9. The van der Waals surface area contributed by atoms with E-state index in [-0.39, 0.29) is 23.8 Å². The number of likely N-dealkylation sites (tertiary alicyclic amines) is 1. The second-order valence-corrected chi connectivity index (χ2v) is 8.51. The number of nitrogens with zero attached hydrogens (tertiary/aromatic N) is 2. The molecule has 2 aliphatic heterocycles. The van der Waals surface area contributed by atoms with Crippen molar-refractivity contribution >= 4 is 23.4 Å². The summed E-state index contributed by atoms with van der Waals surface area (Å²) >= 11 is 0. The summed E-state index contributed by atoms with van der Waals surface area (Å²) in [7, 11) is 0. The zero-order valence-corrected chi connectivity index (χ0v) is 18.2. The number of nitrogens with one attached hydrogen (secondary N) is 1. The van der Waals surface area contributed by atoms with E-state index in [0.717, 1.165) is 17.7 Å². The van der Waals surface area contributed by atoms with Crippen molar-refractivity contribution in [3.63, 3.8) is 0 Å². The third-order valence-electron chi connectivity index (χ3n) is 6.30. The average molecular weight is 440 g/mol. The molecule has 166 valence electrons. The van der Waals surface area contributed by atoms with Crippen molar-refractivity contribution in [1.29, 1.82) is 0 Å². The van der Waals surface area contributed by atoms with E-state index < -0.39 is 0 Å². The maximum atomic E-state index is 13.1. The number of hydrogen-bond donors (Lipinski definition) is 1. The summed E-state index contributed by atoms with van der Waals surface area (Å²) in [4.78, 5) is 41.9. The predicted molar refractivity (Wildman–Crippen MR) is 126 cm³/mol. The molecular formula is C27H25N3O3. The molecule has 6 heteroatoms. The molecule has 0 bridgehead atoms. The van der Waals surface area contributed by atoms with Gasteiger partial charge in [-0.3, -0.25) is 19.3 Å². The molecule has 0 saturated carbocycles. The van der Waals surface area contributed by atoms with E-state index >= 15 is 0 Å². The van der Waals surface area contributed by atoms with Crippen LogP contribution in [0.2, 0.25) is 0 Å². The number of imide groups is 1. The Bertz CT molecular complexity index is 1190. The highest BCUT2D eigenvalue weighted by Gasteiger charge is 2.36. The van der Waals surface area contributed by atoms with Crippen LogP contribution >= 0.6 is 0 Å². The van der Waals surface area contributed by atoms with Crippen molar-refractivity contribution in [2.45, 2.75) is 18.9 Å². The van der Waals surface area contributed by atoms with Crippen molar-refractivity contribution < 1.29 is 14.4 Å². The molecule has 0 spiro atoms. The lowest BCUT2D eigenvalue weighted by atomic mass is 10.0. The van der Waals surface area contributed by atoms with Gasteiger partial charge in [-0.25, -0.2) is 0 Å². The lowest BCUT2D eigenvalue weighted by molar-refractivity contribution is 0.0655. The van der Waals surface area contributed by atoms with Crippen LogP contribution in [0.1, 0.15) is 43.1 Å². The zero-order valence-electron chi connectivity index (χ0n) is 18.2. The molecule has 5 rings (SSSR count). The molecule has 1 N–H and O–H groups in total. The predicted octanol–water partition coefficient (Wildman–Crippen LogP) is 3.85. The summed E-state index contributed by atoms with van der Waals surface area (Å²) in [6.07, 6.45) is 1.46. The molecule has 1 atom stereocenters. The molecule has 2 heterocycles. The summed E-state index contributed by atoms with van der Waals surface area (Å²) < 4.78 is 0. The summed E-state index contributed by atoms with van der Waals surface area (Å²) in [5.41, 5.74) is 3.23. The topological polar surface area (TPSA) is 69.7 Å². The molecule has 3 aromatic carbocycles. The van der Waals surface area contributed by atoms with Crippen LogP contribution in [0.5, 0.6) is 0 Å². The maximum Gasteiger partial charge on any atom is 0.261 e. The monoisotopic (exact) mass is 439 g/mol. The van der Waals surface area contributed by atoms with Gasteiger partial charge in [0.05, 0.1) is 11.1 Å². The average Bonchev–Trinajstić information content (AvgIpc) is 3.41. The molecule has 1 fully saturated rings. The van der Waals surface area contributed by atoms with E-state index in [1.165, 1.54) is 4.90 Å². The van der Waals surface area contributed by atoms with Gasteiger partial charge < -0.3 is 10.2 Å². The first-order chi connectivity index (χ1) is 16.1. The molecule has 6 nitrogen and oxygen atoms in total. The summed E-state index contributed by atoms with van der Waals surface area (Å²) in [6.45, 7) is 1.57. The second-order valence-electron chi connectivity index (χ2n) is 8.51. The highest BCUT2D eigenvalue weighted by molar-refractivity contribution is 6.22. The van der Waals surface area contributed by atoms with Crippen molar-refractivity contribution in [2.75, 3.05) is 25.0 Å². The normalized spacial score (nSPS) is 17.4. The van der Waals surface area contributed by atoms with Crippen molar-refractivity contribution in [3.8, 4) is 0 Å². The fourth-order valence-electron chi connectivity index (χ4n) is 4.53. The highest BCUT2D eigenvalue weighted by atomic mass is 16.2. The van der Waals surface area contributed by atoms with Gasteiger partial charge in [0.25, 0.3) is 17.7 Å².